The van der Waals surface area contributed by atoms with Gasteiger partial charge in [-0.1, -0.05) is 0 Å². The van der Waals surface area contributed by atoms with Crippen LogP contribution in [0.1, 0.15) is 51.4 Å². The second kappa shape index (κ2) is 8.10. The molecule has 162 valence electrons. The Morgan fingerprint density at radius 1 is 1.22 bits per heavy atom. The fraction of sp³-hybridized carbons (Fsp3) is 0.174. The lowest BCUT2D eigenvalue weighted by Gasteiger charge is -2.14. The van der Waals surface area contributed by atoms with Gasteiger partial charge in [0, 0.05) is 34.9 Å². The number of rotatable bonds is 5. The highest BCUT2D eigenvalue weighted by Crippen LogP contribution is 2.35. The molecule has 32 heavy (non-hydrogen) atoms. The standard InChI is InChI=1S/C23H21N5O4/c1-12-20(25-14(3)21(12)28(31)32)11-18-17-10-16(4-5-19(17)27-23(18)30)22(29)26-13(2)15-6-8-24-9-7-15/h4-11,13,25H,1-3H3,(H,26,29)(H,27,30)/b18-11-. The van der Waals surface area contributed by atoms with Crippen LogP contribution in [0, 0.1) is 24.0 Å². The number of anilines is 1. The third-order valence-corrected chi connectivity index (χ3v) is 5.53. The number of pyridine rings is 1. The molecule has 3 N–H and O–H groups in total. The number of nitrogens with one attached hydrogen (secondary N) is 3. The van der Waals surface area contributed by atoms with E-state index in [-0.39, 0.29) is 23.5 Å². The van der Waals surface area contributed by atoms with Gasteiger partial charge >= 0.3 is 0 Å². The molecule has 0 radical (unpaired) electrons. The molecule has 1 unspecified atom stereocenters. The molecule has 9 heteroatoms. The Labute approximate surface area is 183 Å². The number of nitro groups is 1. The van der Waals surface area contributed by atoms with Gasteiger partial charge in [-0.15, -0.1) is 0 Å². The van der Waals surface area contributed by atoms with Crippen molar-refractivity contribution in [1.29, 1.82) is 0 Å². The first-order chi connectivity index (χ1) is 15.3. The van der Waals surface area contributed by atoms with Crippen molar-refractivity contribution in [2.45, 2.75) is 26.8 Å². The Morgan fingerprint density at radius 3 is 2.59 bits per heavy atom. The lowest BCUT2D eigenvalue weighted by atomic mass is 10.0. The minimum Gasteiger partial charge on any atom is -0.353 e. The minimum absolute atomic E-state index is 0.00583. The van der Waals surface area contributed by atoms with E-state index in [0.29, 0.717) is 39.3 Å². The zero-order valence-electron chi connectivity index (χ0n) is 17.7. The SMILES string of the molecule is Cc1[nH]c(/C=C2\C(=O)Nc3ccc(C(=O)NC(C)c4ccncc4)cc32)c(C)c1[N+](=O)[O-]. The van der Waals surface area contributed by atoms with E-state index in [2.05, 4.69) is 20.6 Å². The molecule has 9 nitrogen and oxygen atoms in total. The fourth-order valence-electron chi connectivity index (χ4n) is 3.81. The molecule has 1 aromatic carbocycles. The molecule has 1 atom stereocenters. The number of fused-ring (bicyclic) bond motifs is 1. The number of H-pyrrole nitrogens is 1. The first-order valence-electron chi connectivity index (χ1n) is 9.98. The van der Waals surface area contributed by atoms with Gasteiger partial charge in [0.1, 0.15) is 0 Å². The normalized spacial score (nSPS) is 14.7. The number of carbonyl (C=O) groups is 2. The Kier molecular flexibility index (Phi) is 5.31. The Hall–Kier alpha value is -4.27. The van der Waals surface area contributed by atoms with E-state index in [1.165, 1.54) is 0 Å². The number of amides is 2. The van der Waals surface area contributed by atoms with Gasteiger partial charge in [0.15, 0.2) is 0 Å². The van der Waals surface area contributed by atoms with E-state index in [1.807, 2.05) is 19.1 Å². The average molecular weight is 431 g/mol. The molecule has 4 rings (SSSR count). The van der Waals surface area contributed by atoms with Gasteiger partial charge in [-0.2, -0.15) is 0 Å². The maximum atomic E-state index is 12.8. The van der Waals surface area contributed by atoms with E-state index in [0.717, 1.165) is 5.56 Å². The number of hydrogen-bond acceptors (Lipinski definition) is 5. The predicted molar refractivity (Wildman–Crippen MR) is 120 cm³/mol. The van der Waals surface area contributed by atoms with Gasteiger partial charge in [0.05, 0.1) is 27.8 Å². The van der Waals surface area contributed by atoms with Gasteiger partial charge in [-0.3, -0.25) is 24.7 Å². The van der Waals surface area contributed by atoms with Crippen LogP contribution in [0.25, 0.3) is 11.6 Å². The van der Waals surface area contributed by atoms with Crippen molar-refractivity contribution < 1.29 is 14.5 Å². The minimum atomic E-state index is -0.446. The fourth-order valence-corrected chi connectivity index (χ4v) is 3.81. The molecule has 0 bridgehead atoms. The summed E-state index contributed by atoms with van der Waals surface area (Å²) in [6, 6.07) is 8.40. The molecular weight excluding hydrogens is 410 g/mol. The van der Waals surface area contributed by atoms with Gasteiger partial charge in [0.25, 0.3) is 17.5 Å². The summed E-state index contributed by atoms with van der Waals surface area (Å²) >= 11 is 0. The van der Waals surface area contributed by atoms with Gasteiger partial charge in [-0.05, 0) is 62.7 Å². The summed E-state index contributed by atoms with van der Waals surface area (Å²) < 4.78 is 0. The van der Waals surface area contributed by atoms with Crippen LogP contribution in [0.4, 0.5) is 11.4 Å². The predicted octanol–water partition coefficient (Wildman–Crippen LogP) is 3.92. The maximum absolute atomic E-state index is 12.8. The zero-order valence-corrected chi connectivity index (χ0v) is 17.7. The highest BCUT2D eigenvalue weighted by Gasteiger charge is 2.27. The highest BCUT2D eigenvalue weighted by atomic mass is 16.6. The largest absolute Gasteiger partial charge is 0.353 e. The lowest BCUT2D eigenvalue weighted by Crippen LogP contribution is -2.26. The van der Waals surface area contributed by atoms with Crippen molar-refractivity contribution in [2.75, 3.05) is 5.32 Å². The second-order valence-corrected chi connectivity index (χ2v) is 7.64. The number of aromatic amines is 1. The monoisotopic (exact) mass is 431 g/mol. The molecule has 0 fully saturated rings. The molecule has 2 aromatic heterocycles. The summed E-state index contributed by atoms with van der Waals surface area (Å²) in [6.45, 7) is 5.12. The number of aromatic nitrogens is 2. The summed E-state index contributed by atoms with van der Waals surface area (Å²) in [7, 11) is 0. The molecule has 3 heterocycles. The highest BCUT2D eigenvalue weighted by molar-refractivity contribution is 6.35. The van der Waals surface area contributed by atoms with E-state index in [1.54, 1.807) is 50.5 Å². The molecule has 1 aliphatic heterocycles. The molecule has 2 amide bonds. The van der Waals surface area contributed by atoms with Crippen LogP contribution >= 0.6 is 0 Å². The zero-order chi connectivity index (χ0) is 23.0. The first-order valence-corrected chi connectivity index (χ1v) is 9.98. The summed E-state index contributed by atoms with van der Waals surface area (Å²) in [5.41, 5.74) is 4.13. The van der Waals surface area contributed by atoms with Crippen molar-refractivity contribution in [3.63, 3.8) is 0 Å². The Balaban J connectivity index is 1.66. The smallest absolute Gasteiger partial charge is 0.293 e. The number of hydrogen-bond donors (Lipinski definition) is 3. The van der Waals surface area contributed by atoms with E-state index < -0.39 is 4.92 Å². The molecule has 0 aliphatic carbocycles. The van der Waals surface area contributed by atoms with Crippen LogP contribution in [0.15, 0.2) is 42.7 Å². The maximum Gasteiger partial charge on any atom is 0.293 e. The van der Waals surface area contributed by atoms with Crippen molar-refractivity contribution in [3.05, 3.63) is 86.5 Å². The van der Waals surface area contributed by atoms with Crippen molar-refractivity contribution in [1.82, 2.24) is 15.3 Å². The molecule has 3 aromatic rings. The topological polar surface area (TPSA) is 130 Å². The molecule has 0 saturated carbocycles. The van der Waals surface area contributed by atoms with Crippen LogP contribution in [-0.4, -0.2) is 26.7 Å². The third kappa shape index (κ3) is 3.76. The Morgan fingerprint density at radius 2 is 1.94 bits per heavy atom. The average Bonchev–Trinajstić information content (AvgIpc) is 3.23. The number of benzene rings is 1. The van der Waals surface area contributed by atoms with Crippen LogP contribution < -0.4 is 10.6 Å². The van der Waals surface area contributed by atoms with E-state index in [9.17, 15) is 19.7 Å². The van der Waals surface area contributed by atoms with Crippen LogP contribution in [-0.2, 0) is 4.79 Å². The third-order valence-electron chi connectivity index (χ3n) is 5.53. The molecule has 1 aliphatic rings. The van der Waals surface area contributed by atoms with Gasteiger partial charge in [0.2, 0.25) is 0 Å². The molecular formula is C23H21N5O4. The van der Waals surface area contributed by atoms with Crippen molar-refractivity contribution >= 4 is 34.8 Å². The first kappa shape index (κ1) is 21.0. The van der Waals surface area contributed by atoms with Gasteiger partial charge < -0.3 is 15.6 Å². The van der Waals surface area contributed by atoms with E-state index >= 15 is 0 Å². The van der Waals surface area contributed by atoms with Crippen molar-refractivity contribution in [2.24, 2.45) is 0 Å². The summed E-state index contributed by atoms with van der Waals surface area (Å²) in [5, 5.41) is 17.0. The summed E-state index contributed by atoms with van der Waals surface area (Å²) in [4.78, 5) is 43.2. The Bertz CT molecular complexity index is 1280. The second-order valence-electron chi connectivity index (χ2n) is 7.64. The molecule has 0 saturated heterocycles. The molecule has 0 spiro atoms. The number of carbonyl (C=O) groups excluding carboxylic acids is 2. The van der Waals surface area contributed by atoms with E-state index in [4.69, 9.17) is 0 Å². The lowest BCUT2D eigenvalue weighted by molar-refractivity contribution is -0.385. The van der Waals surface area contributed by atoms with Gasteiger partial charge in [-0.25, -0.2) is 0 Å². The summed E-state index contributed by atoms with van der Waals surface area (Å²) in [5.74, 6) is -0.615. The number of nitrogens with zero attached hydrogens (tertiary/aromatic N) is 2. The van der Waals surface area contributed by atoms with Crippen LogP contribution in [0.5, 0.6) is 0 Å². The van der Waals surface area contributed by atoms with Crippen LogP contribution in [0.3, 0.4) is 0 Å². The van der Waals surface area contributed by atoms with Crippen molar-refractivity contribution in [3.8, 4) is 0 Å². The number of aryl methyl sites for hydroxylation is 1. The van der Waals surface area contributed by atoms with Crippen LogP contribution in [0.2, 0.25) is 0 Å². The quantitative estimate of drug-likeness (QED) is 0.320. The summed E-state index contributed by atoms with van der Waals surface area (Å²) in [6.07, 6.45) is 4.91.